The smallest absolute Gasteiger partial charge is 0.123 e. The maximum Gasteiger partial charge on any atom is 0.123 e. The van der Waals surface area contributed by atoms with Crippen molar-refractivity contribution in [2.45, 2.75) is 25.4 Å². The summed E-state index contributed by atoms with van der Waals surface area (Å²) in [6, 6.07) is 13.7. The first-order valence-corrected chi connectivity index (χ1v) is 8.35. The lowest BCUT2D eigenvalue weighted by Crippen LogP contribution is -2.43. The molecule has 2 aliphatic rings. The predicted molar refractivity (Wildman–Crippen MR) is 90.3 cm³/mol. The van der Waals surface area contributed by atoms with Gasteiger partial charge in [0.15, 0.2) is 0 Å². The van der Waals surface area contributed by atoms with E-state index in [1.807, 2.05) is 0 Å². The fourth-order valence-electron chi connectivity index (χ4n) is 4.16. The number of likely N-dealkylation sites (tertiary alicyclic amines) is 1. The van der Waals surface area contributed by atoms with Gasteiger partial charge in [0.1, 0.15) is 5.75 Å². The van der Waals surface area contributed by atoms with Crippen LogP contribution >= 0.6 is 0 Å². The first-order chi connectivity index (χ1) is 10.8. The predicted octanol–water partition coefficient (Wildman–Crippen LogP) is 3.03. The van der Waals surface area contributed by atoms with Crippen LogP contribution in [0.4, 0.5) is 0 Å². The molecule has 0 saturated carbocycles. The lowest BCUT2D eigenvalue weighted by molar-refractivity contribution is 0.155. The topological polar surface area (TPSA) is 24.5 Å². The zero-order valence-electron chi connectivity index (χ0n) is 13.2. The molecule has 2 heterocycles. The van der Waals surface area contributed by atoms with Gasteiger partial charge < -0.3 is 10.1 Å². The highest BCUT2D eigenvalue weighted by Crippen LogP contribution is 2.31. The Bertz CT molecular complexity index is 670. The molecule has 0 spiro atoms. The summed E-state index contributed by atoms with van der Waals surface area (Å²) in [5.41, 5.74) is 1.34. The molecule has 116 valence electrons. The molecule has 0 aromatic heterocycles. The van der Waals surface area contributed by atoms with Crippen LogP contribution in [-0.4, -0.2) is 37.7 Å². The van der Waals surface area contributed by atoms with Gasteiger partial charge in [0.05, 0.1) is 7.11 Å². The molecule has 0 amide bonds. The average Bonchev–Trinajstić information content (AvgIpc) is 3.03. The minimum atomic E-state index is 0.755. The highest BCUT2D eigenvalue weighted by molar-refractivity contribution is 5.87. The van der Waals surface area contributed by atoms with Crippen molar-refractivity contribution in [3.63, 3.8) is 0 Å². The molecule has 0 aliphatic carbocycles. The number of hydrogen-bond acceptors (Lipinski definition) is 3. The Morgan fingerprint density at radius 2 is 2.09 bits per heavy atom. The van der Waals surface area contributed by atoms with Gasteiger partial charge in [-0.1, -0.05) is 30.3 Å². The van der Waals surface area contributed by atoms with Crippen molar-refractivity contribution < 1.29 is 4.74 Å². The molecule has 2 aromatic rings. The minimum absolute atomic E-state index is 0.755. The van der Waals surface area contributed by atoms with Gasteiger partial charge in [0, 0.05) is 24.7 Å². The van der Waals surface area contributed by atoms with Crippen LogP contribution in [0.5, 0.6) is 5.75 Å². The second-order valence-corrected chi connectivity index (χ2v) is 6.60. The quantitative estimate of drug-likeness (QED) is 0.942. The van der Waals surface area contributed by atoms with Crippen molar-refractivity contribution in [1.82, 2.24) is 10.2 Å². The van der Waals surface area contributed by atoms with E-state index in [9.17, 15) is 0 Å². The van der Waals surface area contributed by atoms with Gasteiger partial charge in [-0.15, -0.1) is 0 Å². The number of rotatable bonds is 3. The number of piperidine rings is 1. The summed E-state index contributed by atoms with van der Waals surface area (Å²) in [4.78, 5) is 2.61. The zero-order valence-corrected chi connectivity index (χ0v) is 13.2. The molecule has 4 rings (SSSR count). The third-order valence-corrected chi connectivity index (χ3v) is 5.34. The molecule has 2 saturated heterocycles. The molecule has 2 aliphatic heterocycles. The standard InChI is InChI=1S/C19H24N2O/c1-22-19-7-6-14-4-2-3-5-16(14)17(19)13-21-11-9-18-15(12-21)8-10-20-18/h2-7,15,18,20H,8-13H2,1H3. The van der Waals surface area contributed by atoms with Gasteiger partial charge in [-0.05, 0) is 48.7 Å². The lowest BCUT2D eigenvalue weighted by atomic mass is 9.92. The molecule has 2 unspecified atom stereocenters. The van der Waals surface area contributed by atoms with E-state index in [-0.39, 0.29) is 0 Å². The second-order valence-electron chi connectivity index (χ2n) is 6.60. The maximum atomic E-state index is 5.64. The Morgan fingerprint density at radius 1 is 1.18 bits per heavy atom. The van der Waals surface area contributed by atoms with Crippen LogP contribution in [0.25, 0.3) is 10.8 Å². The summed E-state index contributed by atoms with van der Waals surface area (Å²) < 4.78 is 5.64. The fourth-order valence-corrected chi connectivity index (χ4v) is 4.16. The molecule has 2 atom stereocenters. The molecule has 3 nitrogen and oxygen atoms in total. The van der Waals surface area contributed by atoms with E-state index in [0.717, 1.165) is 24.3 Å². The number of benzene rings is 2. The Morgan fingerprint density at radius 3 is 3.00 bits per heavy atom. The van der Waals surface area contributed by atoms with Gasteiger partial charge in [-0.3, -0.25) is 4.90 Å². The third kappa shape index (κ3) is 2.49. The summed E-state index contributed by atoms with van der Waals surface area (Å²) in [5, 5.41) is 6.27. The number of nitrogens with zero attached hydrogens (tertiary/aromatic N) is 1. The van der Waals surface area contributed by atoms with Crippen LogP contribution < -0.4 is 10.1 Å². The molecule has 2 aromatic carbocycles. The van der Waals surface area contributed by atoms with Crippen molar-refractivity contribution in [1.29, 1.82) is 0 Å². The molecule has 0 radical (unpaired) electrons. The van der Waals surface area contributed by atoms with Gasteiger partial charge >= 0.3 is 0 Å². The van der Waals surface area contributed by atoms with E-state index in [2.05, 4.69) is 46.6 Å². The van der Waals surface area contributed by atoms with Crippen molar-refractivity contribution in [2.24, 2.45) is 5.92 Å². The van der Waals surface area contributed by atoms with E-state index < -0.39 is 0 Å². The van der Waals surface area contributed by atoms with E-state index >= 15 is 0 Å². The fraction of sp³-hybridized carbons (Fsp3) is 0.474. The molecule has 22 heavy (non-hydrogen) atoms. The maximum absolute atomic E-state index is 5.64. The van der Waals surface area contributed by atoms with Crippen LogP contribution in [0, 0.1) is 5.92 Å². The van der Waals surface area contributed by atoms with E-state index in [4.69, 9.17) is 4.74 Å². The molecule has 0 bridgehead atoms. The zero-order chi connectivity index (χ0) is 14.9. The van der Waals surface area contributed by atoms with Gasteiger partial charge in [0.25, 0.3) is 0 Å². The van der Waals surface area contributed by atoms with Crippen LogP contribution in [-0.2, 0) is 6.54 Å². The van der Waals surface area contributed by atoms with Crippen LogP contribution in [0.15, 0.2) is 36.4 Å². The third-order valence-electron chi connectivity index (χ3n) is 5.34. The summed E-state index contributed by atoms with van der Waals surface area (Å²) in [5.74, 6) is 1.85. The Labute approximate surface area is 132 Å². The van der Waals surface area contributed by atoms with E-state index in [0.29, 0.717) is 0 Å². The number of ether oxygens (including phenoxy) is 1. The van der Waals surface area contributed by atoms with Gasteiger partial charge in [-0.2, -0.15) is 0 Å². The highest BCUT2D eigenvalue weighted by Gasteiger charge is 2.32. The first kappa shape index (κ1) is 14.0. The number of fused-ring (bicyclic) bond motifs is 2. The van der Waals surface area contributed by atoms with Gasteiger partial charge in [-0.25, -0.2) is 0 Å². The molecule has 1 N–H and O–H groups in total. The molecule has 2 fully saturated rings. The van der Waals surface area contributed by atoms with Gasteiger partial charge in [0.2, 0.25) is 0 Å². The first-order valence-electron chi connectivity index (χ1n) is 8.35. The van der Waals surface area contributed by atoms with E-state index in [1.165, 1.54) is 48.8 Å². The monoisotopic (exact) mass is 296 g/mol. The van der Waals surface area contributed by atoms with Crippen LogP contribution in [0.3, 0.4) is 0 Å². The summed E-state index contributed by atoms with van der Waals surface area (Å²) >= 11 is 0. The van der Waals surface area contributed by atoms with Crippen LogP contribution in [0.2, 0.25) is 0 Å². The summed E-state index contributed by atoms with van der Waals surface area (Å²) in [6.45, 7) is 4.58. The number of hydrogen-bond donors (Lipinski definition) is 1. The number of nitrogens with one attached hydrogen (secondary N) is 1. The second kappa shape index (κ2) is 5.90. The molecular weight excluding hydrogens is 272 g/mol. The lowest BCUT2D eigenvalue weighted by Gasteiger charge is -2.35. The Balaban J connectivity index is 1.63. The van der Waals surface area contributed by atoms with Crippen molar-refractivity contribution in [3.8, 4) is 5.75 Å². The van der Waals surface area contributed by atoms with E-state index in [1.54, 1.807) is 7.11 Å². The number of methoxy groups -OCH3 is 1. The van der Waals surface area contributed by atoms with Crippen molar-refractivity contribution >= 4 is 10.8 Å². The normalized spacial score (nSPS) is 25.3. The highest BCUT2D eigenvalue weighted by atomic mass is 16.5. The molecular formula is C19H24N2O. The Kier molecular flexibility index (Phi) is 3.77. The van der Waals surface area contributed by atoms with Crippen molar-refractivity contribution in [3.05, 3.63) is 42.0 Å². The Hall–Kier alpha value is -1.58. The minimum Gasteiger partial charge on any atom is -0.496 e. The summed E-state index contributed by atoms with van der Waals surface area (Å²) in [6.07, 6.45) is 2.60. The summed E-state index contributed by atoms with van der Waals surface area (Å²) in [7, 11) is 1.78. The SMILES string of the molecule is COc1ccc2ccccc2c1CN1CCC2NCCC2C1. The van der Waals surface area contributed by atoms with Crippen LogP contribution in [0.1, 0.15) is 18.4 Å². The average molecular weight is 296 g/mol. The molecule has 3 heteroatoms. The van der Waals surface area contributed by atoms with Crippen molar-refractivity contribution in [2.75, 3.05) is 26.7 Å². The largest absolute Gasteiger partial charge is 0.496 e.